The van der Waals surface area contributed by atoms with Crippen molar-refractivity contribution in [2.45, 2.75) is 57.0 Å². The van der Waals surface area contributed by atoms with E-state index in [1.54, 1.807) is 7.11 Å². The fourth-order valence-electron chi connectivity index (χ4n) is 2.72. The van der Waals surface area contributed by atoms with Gasteiger partial charge in [-0.2, -0.15) is 0 Å². The summed E-state index contributed by atoms with van der Waals surface area (Å²) in [6, 6.07) is 0. The maximum absolute atomic E-state index is 12.2. The molecule has 2 saturated carbocycles. The van der Waals surface area contributed by atoms with Crippen molar-refractivity contribution in [1.82, 2.24) is 0 Å². The normalized spacial score (nSPS) is 26.9. The van der Waals surface area contributed by atoms with Gasteiger partial charge in [0, 0.05) is 13.0 Å². The number of ether oxygens (including phenoxy) is 1. The quantitative estimate of drug-likeness (QED) is 0.693. The van der Waals surface area contributed by atoms with Crippen molar-refractivity contribution in [1.29, 1.82) is 0 Å². The molecule has 2 rings (SSSR count). The van der Waals surface area contributed by atoms with E-state index in [0.29, 0.717) is 11.7 Å². The van der Waals surface area contributed by atoms with Gasteiger partial charge in [-0.05, 0) is 25.7 Å². The Bertz CT molecular complexity index is 212. The van der Waals surface area contributed by atoms with E-state index in [2.05, 4.69) is 0 Å². The Balaban J connectivity index is 2.05. The maximum atomic E-state index is 12.2. The molecule has 0 bridgehead atoms. The van der Waals surface area contributed by atoms with Crippen LogP contribution in [0.4, 0.5) is 0 Å². The Morgan fingerprint density at radius 1 is 1.14 bits per heavy atom. The van der Waals surface area contributed by atoms with Gasteiger partial charge in [0.05, 0.1) is 0 Å². The first-order valence-corrected chi connectivity index (χ1v) is 5.88. The van der Waals surface area contributed by atoms with Crippen LogP contribution >= 0.6 is 0 Å². The molecule has 0 spiro atoms. The molecule has 0 unspecified atom stereocenters. The first kappa shape index (κ1) is 10.2. The summed E-state index contributed by atoms with van der Waals surface area (Å²) in [6.45, 7) is 0. The highest BCUT2D eigenvalue weighted by atomic mass is 16.5. The number of ketones is 1. The molecule has 0 radical (unpaired) electrons. The molecule has 2 nitrogen and oxygen atoms in total. The van der Waals surface area contributed by atoms with E-state index in [0.717, 1.165) is 38.5 Å². The second-order valence-electron chi connectivity index (χ2n) is 4.75. The third kappa shape index (κ3) is 1.60. The highest BCUT2D eigenvalue weighted by molar-refractivity contribution is 5.90. The molecule has 0 aromatic carbocycles. The van der Waals surface area contributed by atoms with Crippen LogP contribution in [0.25, 0.3) is 0 Å². The number of hydrogen-bond acceptors (Lipinski definition) is 2. The van der Waals surface area contributed by atoms with Crippen molar-refractivity contribution in [2.75, 3.05) is 7.11 Å². The third-order valence-electron chi connectivity index (χ3n) is 3.98. The summed E-state index contributed by atoms with van der Waals surface area (Å²) < 4.78 is 5.55. The minimum Gasteiger partial charge on any atom is -0.370 e. The fourth-order valence-corrected chi connectivity index (χ4v) is 2.72. The van der Waals surface area contributed by atoms with Crippen molar-refractivity contribution in [3.8, 4) is 0 Å². The summed E-state index contributed by atoms with van der Waals surface area (Å²) in [5, 5.41) is 0. The number of carbonyl (C=O) groups excluding carboxylic acids is 1. The molecular formula is C12H20O2. The molecule has 0 atom stereocenters. The van der Waals surface area contributed by atoms with Crippen molar-refractivity contribution >= 4 is 5.78 Å². The van der Waals surface area contributed by atoms with Gasteiger partial charge in [0.2, 0.25) is 0 Å². The SMILES string of the molecule is COC1(C(=O)C2CCC2)CCCCC1. The van der Waals surface area contributed by atoms with Crippen molar-refractivity contribution in [3.63, 3.8) is 0 Å². The van der Waals surface area contributed by atoms with Gasteiger partial charge in [-0.15, -0.1) is 0 Å². The first-order valence-electron chi connectivity index (χ1n) is 5.88. The monoisotopic (exact) mass is 196 g/mol. The minimum atomic E-state index is -0.386. The summed E-state index contributed by atoms with van der Waals surface area (Å²) in [7, 11) is 1.71. The topological polar surface area (TPSA) is 26.3 Å². The standard InChI is InChI=1S/C12H20O2/c1-14-12(8-3-2-4-9-12)11(13)10-6-5-7-10/h10H,2-9H2,1H3. The average molecular weight is 196 g/mol. The van der Waals surface area contributed by atoms with E-state index < -0.39 is 0 Å². The van der Waals surface area contributed by atoms with E-state index in [4.69, 9.17) is 4.74 Å². The highest BCUT2D eigenvalue weighted by Crippen LogP contribution is 2.39. The molecule has 2 heteroatoms. The second kappa shape index (κ2) is 4.01. The van der Waals surface area contributed by atoms with Crippen LogP contribution < -0.4 is 0 Å². The molecule has 0 saturated heterocycles. The molecule has 2 aliphatic carbocycles. The smallest absolute Gasteiger partial charge is 0.167 e. The molecule has 0 aliphatic heterocycles. The van der Waals surface area contributed by atoms with Crippen LogP contribution in [0.1, 0.15) is 51.4 Å². The molecule has 0 aromatic heterocycles. The lowest BCUT2D eigenvalue weighted by Crippen LogP contribution is -2.47. The summed E-state index contributed by atoms with van der Waals surface area (Å²) in [5.74, 6) is 0.735. The molecule has 2 aliphatic rings. The lowest BCUT2D eigenvalue weighted by atomic mass is 9.71. The van der Waals surface area contributed by atoms with Crippen LogP contribution in [0.2, 0.25) is 0 Å². The Labute approximate surface area is 86.0 Å². The van der Waals surface area contributed by atoms with Gasteiger partial charge in [-0.1, -0.05) is 25.7 Å². The molecule has 0 amide bonds. The first-order chi connectivity index (χ1) is 6.78. The second-order valence-corrected chi connectivity index (χ2v) is 4.75. The molecule has 2 fully saturated rings. The molecule has 0 heterocycles. The van der Waals surface area contributed by atoms with E-state index in [1.165, 1.54) is 12.8 Å². The van der Waals surface area contributed by atoms with Gasteiger partial charge in [0.1, 0.15) is 5.60 Å². The van der Waals surface area contributed by atoms with Crippen molar-refractivity contribution in [2.24, 2.45) is 5.92 Å². The van der Waals surface area contributed by atoms with Gasteiger partial charge in [-0.25, -0.2) is 0 Å². The molecule has 14 heavy (non-hydrogen) atoms. The summed E-state index contributed by atoms with van der Waals surface area (Å²) >= 11 is 0. The average Bonchev–Trinajstić information content (AvgIpc) is 2.16. The number of carbonyl (C=O) groups is 1. The summed E-state index contributed by atoms with van der Waals surface area (Å²) in [4.78, 5) is 12.2. The van der Waals surface area contributed by atoms with Gasteiger partial charge in [0.25, 0.3) is 0 Å². The van der Waals surface area contributed by atoms with Crippen molar-refractivity contribution < 1.29 is 9.53 Å². The largest absolute Gasteiger partial charge is 0.370 e. The van der Waals surface area contributed by atoms with Gasteiger partial charge >= 0.3 is 0 Å². The maximum Gasteiger partial charge on any atom is 0.167 e. The van der Waals surface area contributed by atoms with Crippen LogP contribution in [0.3, 0.4) is 0 Å². The van der Waals surface area contributed by atoms with Crippen LogP contribution in [0, 0.1) is 5.92 Å². The van der Waals surface area contributed by atoms with Gasteiger partial charge in [0.15, 0.2) is 5.78 Å². The van der Waals surface area contributed by atoms with Crippen LogP contribution in [-0.4, -0.2) is 18.5 Å². The fraction of sp³-hybridized carbons (Fsp3) is 0.917. The number of hydrogen-bond donors (Lipinski definition) is 0. The lowest BCUT2D eigenvalue weighted by molar-refractivity contribution is -0.152. The lowest BCUT2D eigenvalue weighted by Gasteiger charge is -2.39. The summed E-state index contributed by atoms with van der Waals surface area (Å²) in [6.07, 6.45) is 8.93. The zero-order chi connectivity index (χ0) is 10.0. The minimum absolute atomic E-state index is 0.327. The molecule has 0 aromatic rings. The number of rotatable bonds is 3. The Kier molecular flexibility index (Phi) is 2.91. The molecule has 80 valence electrons. The van der Waals surface area contributed by atoms with E-state index in [-0.39, 0.29) is 5.60 Å². The van der Waals surface area contributed by atoms with Crippen molar-refractivity contribution in [3.05, 3.63) is 0 Å². The van der Waals surface area contributed by atoms with E-state index in [1.807, 2.05) is 0 Å². The zero-order valence-electron chi connectivity index (χ0n) is 9.05. The number of Topliss-reactive ketones (excluding diaryl/α,β-unsaturated/α-hetero) is 1. The summed E-state index contributed by atoms with van der Waals surface area (Å²) in [5.41, 5.74) is -0.386. The predicted octanol–water partition coefficient (Wildman–Crippen LogP) is 2.70. The highest BCUT2D eigenvalue weighted by Gasteiger charge is 2.44. The van der Waals surface area contributed by atoms with Crippen LogP contribution in [0.5, 0.6) is 0 Å². The van der Waals surface area contributed by atoms with Gasteiger partial charge in [-0.3, -0.25) is 4.79 Å². The Morgan fingerprint density at radius 3 is 2.21 bits per heavy atom. The van der Waals surface area contributed by atoms with Gasteiger partial charge < -0.3 is 4.74 Å². The Morgan fingerprint density at radius 2 is 1.79 bits per heavy atom. The van der Waals surface area contributed by atoms with Crippen LogP contribution in [-0.2, 0) is 9.53 Å². The zero-order valence-corrected chi connectivity index (χ0v) is 9.05. The van der Waals surface area contributed by atoms with E-state index >= 15 is 0 Å². The number of methoxy groups -OCH3 is 1. The van der Waals surface area contributed by atoms with Crippen LogP contribution in [0.15, 0.2) is 0 Å². The third-order valence-corrected chi connectivity index (χ3v) is 3.98. The Hall–Kier alpha value is -0.370. The van der Waals surface area contributed by atoms with E-state index in [9.17, 15) is 4.79 Å². The predicted molar refractivity (Wildman–Crippen MR) is 55.2 cm³/mol. The molecular weight excluding hydrogens is 176 g/mol. The molecule has 0 N–H and O–H groups in total.